The lowest BCUT2D eigenvalue weighted by Gasteiger charge is -2.14. The van der Waals surface area contributed by atoms with Crippen molar-refractivity contribution in [1.29, 1.82) is 0 Å². The van der Waals surface area contributed by atoms with Crippen LogP contribution < -0.4 is 20.5 Å². The largest absolute Gasteiger partial charge is 0.493 e. The number of nitrogens with one attached hydrogen (secondary N) is 1. The molecule has 0 bridgehead atoms. The summed E-state index contributed by atoms with van der Waals surface area (Å²) in [5.41, 5.74) is 6.28. The van der Waals surface area contributed by atoms with Gasteiger partial charge in [0, 0.05) is 11.3 Å². The van der Waals surface area contributed by atoms with Gasteiger partial charge in [0.1, 0.15) is 5.82 Å². The number of hydrogen-bond acceptors (Lipinski definition) is 4. The maximum atomic E-state index is 13.1. The van der Waals surface area contributed by atoms with E-state index < -0.39 is 17.6 Å². The molecule has 2 aromatic carbocycles. The lowest BCUT2D eigenvalue weighted by molar-refractivity contribution is -0.119. The van der Waals surface area contributed by atoms with Crippen molar-refractivity contribution >= 4 is 29.1 Å². The van der Waals surface area contributed by atoms with Crippen LogP contribution in [0.15, 0.2) is 30.3 Å². The molecule has 2 amide bonds. The molecule has 2 aromatic rings. The maximum Gasteiger partial charge on any atom is 0.255 e. The zero-order chi connectivity index (χ0) is 18.6. The fraction of sp³-hybridized carbons (Fsp3) is 0.176. The number of aryl methyl sites for hydroxylation is 1. The van der Waals surface area contributed by atoms with Gasteiger partial charge in [-0.15, -0.1) is 0 Å². The first kappa shape index (κ1) is 18.5. The van der Waals surface area contributed by atoms with Crippen molar-refractivity contribution < 1.29 is 23.5 Å². The van der Waals surface area contributed by atoms with Gasteiger partial charge < -0.3 is 20.5 Å². The molecule has 0 aliphatic heterocycles. The molecule has 0 unspecified atom stereocenters. The van der Waals surface area contributed by atoms with Crippen LogP contribution in [0.5, 0.6) is 11.5 Å². The van der Waals surface area contributed by atoms with Gasteiger partial charge in [-0.1, -0.05) is 11.6 Å². The molecule has 0 saturated heterocycles. The first-order valence-corrected chi connectivity index (χ1v) is 7.55. The van der Waals surface area contributed by atoms with E-state index in [1.807, 2.05) is 0 Å². The quantitative estimate of drug-likeness (QED) is 0.822. The van der Waals surface area contributed by atoms with E-state index >= 15 is 0 Å². The number of ether oxygens (including phenoxy) is 2. The van der Waals surface area contributed by atoms with Gasteiger partial charge in [-0.05, 0) is 42.8 Å². The molecular weight excluding hydrogens is 351 g/mol. The highest BCUT2D eigenvalue weighted by Crippen LogP contribution is 2.36. The molecule has 0 heterocycles. The summed E-state index contributed by atoms with van der Waals surface area (Å²) < 4.78 is 23.5. The third-order valence-corrected chi connectivity index (χ3v) is 3.57. The zero-order valence-corrected chi connectivity index (χ0v) is 14.3. The standard InChI is InChI=1S/C17H16ClFN2O4/c1-9-5-11(19)3-4-13(9)21-17(23)10-6-12(18)16(14(7-10)24-2)25-8-15(20)22/h3-7H,8H2,1-2H3,(H2,20,22)(H,21,23). The van der Waals surface area contributed by atoms with Gasteiger partial charge in [0.25, 0.3) is 11.8 Å². The average Bonchev–Trinajstić information content (AvgIpc) is 2.55. The first-order chi connectivity index (χ1) is 11.8. The predicted octanol–water partition coefficient (Wildman–Crippen LogP) is 2.91. The zero-order valence-electron chi connectivity index (χ0n) is 13.6. The number of methoxy groups -OCH3 is 1. The number of amides is 2. The maximum absolute atomic E-state index is 13.1. The molecule has 0 aromatic heterocycles. The van der Waals surface area contributed by atoms with Crippen LogP contribution >= 0.6 is 11.6 Å². The van der Waals surface area contributed by atoms with Gasteiger partial charge in [0.15, 0.2) is 18.1 Å². The molecule has 0 spiro atoms. The Balaban J connectivity index is 2.27. The minimum atomic E-state index is -0.674. The summed E-state index contributed by atoms with van der Waals surface area (Å²) in [7, 11) is 1.37. The van der Waals surface area contributed by atoms with Gasteiger partial charge in [0.05, 0.1) is 12.1 Å². The molecule has 0 saturated carbocycles. The summed E-state index contributed by atoms with van der Waals surface area (Å²) >= 11 is 6.11. The van der Waals surface area contributed by atoms with Crippen LogP contribution in [0.25, 0.3) is 0 Å². The summed E-state index contributed by atoms with van der Waals surface area (Å²) in [5.74, 6) is -1.24. The second-order valence-corrected chi connectivity index (χ2v) is 5.57. The van der Waals surface area contributed by atoms with Gasteiger partial charge in [-0.25, -0.2) is 4.39 Å². The Morgan fingerprint density at radius 1 is 1.28 bits per heavy atom. The molecule has 25 heavy (non-hydrogen) atoms. The van der Waals surface area contributed by atoms with Gasteiger partial charge in [-0.3, -0.25) is 9.59 Å². The van der Waals surface area contributed by atoms with E-state index in [1.54, 1.807) is 6.92 Å². The Hall–Kier alpha value is -2.80. The first-order valence-electron chi connectivity index (χ1n) is 7.18. The molecule has 0 atom stereocenters. The van der Waals surface area contributed by atoms with Crippen molar-refractivity contribution in [3.8, 4) is 11.5 Å². The van der Waals surface area contributed by atoms with Crippen LogP contribution in [0.1, 0.15) is 15.9 Å². The Morgan fingerprint density at radius 2 is 2.00 bits per heavy atom. The van der Waals surface area contributed by atoms with Crippen LogP contribution in [-0.2, 0) is 4.79 Å². The van der Waals surface area contributed by atoms with Crippen molar-refractivity contribution in [3.05, 3.63) is 52.3 Å². The number of hydrogen-bond donors (Lipinski definition) is 2. The average molecular weight is 367 g/mol. The van der Waals surface area contributed by atoms with Crippen molar-refractivity contribution in [2.45, 2.75) is 6.92 Å². The fourth-order valence-electron chi connectivity index (χ4n) is 2.10. The van der Waals surface area contributed by atoms with E-state index in [4.69, 9.17) is 26.8 Å². The molecule has 0 fully saturated rings. The van der Waals surface area contributed by atoms with Crippen LogP contribution in [0, 0.1) is 12.7 Å². The lowest BCUT2D eigenvalue weighted by Crippen LogP contribution is -2.20. The second-order valence-electron chi connectivity index (χ2n) is 5.16. The lowest BCUT2D eigenvalue weighted by atomic mass is 10.1. The number of halogens is 2. The Labute approximate surface area is 148 Å². The summed E-state index contributed by atoms with van der Waals surface area (Å²) in [6.07, 6.45) is 0. The number of rotatable bonds is 6. The highest BCUT2D eigenvalue weighted by molar-refractivity contribution is 6.32. The minimum absolute atomic E-state index is 0.0848. The van der Waals surface area contributed by atoms with Crippen LogP contribution in [0.2, 0.25) is 5.02 Å². The third kappa shape index (κ3) is 4.60. The SMILES string of the molecule is COc1cc(C(=O)Nc2ccc(F)cc2C)cc(Cl)c1OCC(N)=O. The summed E-state index contributed by atoms with van der Waals surface area (Å²) in [6, 6.07) is 6.80. The predicted molar refractivity (Wildman–Crippen MR) is 91.8 cm³/mol. The summed E-state index contributed by atoms with van der Waals surface area (Å²) in [4.78, 5) is 23.3. The molecule has 0 radical (unpaired) electrons. The molecule has 8 heteroatoms. The highest BCUT2D eigenvalue weighted by Gasteiger charge is 2.17. The van der Waals surface area contributed by atoms with Crippen LogP contribution in [-0.4, -0.2) is 25.5 Å². The fourth-order valence-corrected chi connectivity index (χ4v) is 2.36. The number of primary amides is 1. The molecule has 0 aliphatic carbocycles. The summed E-state index contributed by atoms with van der Waals surface area (Å²) in [6.45, 7) is 1.30. The van der Waals surface area contributed by atoms with Gasteiger partial charge in [-0.2, -0.15) is 0 Å². The monoisotopic (exact) mass is 366 g/mol. The molecule has 3 N–H and O–H groups in total. The van der Waals surface area contributed by atoms with E-state index in [2.05, 4.69) is 5.32 Å². The number of anilines is 1. The van der Waals surface area contributed by atoms with E-state index in [0.29, 0.717) is 11.3 Å². The van der Waals surface area contributed by atoms with Gasteiger partial charge >= 0.3 is 0 Å². The Bertz CT molecular complexity index is 827. The number of benzene rings is 2. The van der Waals surface area contributed by atoms with E-state index in [9.17, 15) is 14.0 Å². The van der Waals surface area contributed by atoms with E-state index in [-0.39, 0.29) is 28.7 Å². The van der Waals surface area contributed by atoms with Crippen LogP contribution in [0.4, 0.5) is 10.1 Å². The Kier molecular flexibility index (Phi) is 5.82. The number of carbonyl (C=O) groups excluding carboxylic acids is 2. The number of carbonyl (C=O) groups is 2. The van der Waals surface area contributed by atoms with Crippen molar-refractivity contribution in [2.75, 3.05) is 19.0 Å². The second kappa shape index (κ2) is 7.85. The molecule has 132 valence electrons. The van der Waals surface area contributed by atoms with Gasteiger partial charge in [0.2, 0.25) is 0 Å². The molecular formula is C17H16ClFN2O4. The van der Waals surface area contributed by atoms with Crippen molar-refractivity contribution in [2.24, 2.45) is 5.73 Å². The minimum Gasteiger partial charge on any atom is -0.493 e. The van der Waals surface area contributed by atoms with Crippen molar-refractivity contribution in [1.82, 2.24) is 0 Å². The smallest absolute Gasteiger partial charge is 0.255 e. The Morgan fingerprint density at radius 3 is 2.60 bits per heavy atom. The topological polar surface area (TPSA) is 90.7 Å². The van der Waals surface area contributed by atoms with Crippen molar-refractivity contribution in [3.63, 3.8) is 0 Å². The van der Waals surface area contributed by atoms with Crippen LogP contribution in [0.3, 0.4) is 0 Å². The number of nitrogens with two attached hydrogens (primary N) is 1. The van der Waals surface area contributed by atoms with E-state index in [0.717, 1.165) is 0 Å². The van der Waals surface area contributed by atoms with E-state index in [1.165, 1.54) is 37.4 Å². The summed E-state index contributed by atoms with van der Waals surface area (Å²) in [5, 5.41) is 2.75. The third-order valence-electron chi connectivity index (χ3n) is 3.29. The molecule has 6 nitrogen and oxygen atoms in total. The normalized spacial score (nSPS) is 10.2. The molecule has 0 aliphatic rings. The molecule has 2 rings (SSSR count). The highest BCUT2D eigenvalue weighted by atomic mass is 35.5.